The number of nitrogens with zero attached hydrogens (tertiary/aromatic N) is 5. The SMILES string of the molecule is C[C@@H]1CN(c2nc(OC[C@@]34CCCN3C[C@H](F)C4)nc3c(F)c(Cl)ncc23)[C@@H](C)CC1C(=O)O. The molecule has 184 valence electrons. The van der Waals surface area contributed by atoms with Gasteiger partial charge in [-0.25, -0.2) is 13.8 Å². The van der Waals surface area contributed by atoms with E-state index >= 15 is 0 Å². The topological polar surface area (TPSA) is 91.7 Å². The summed E-state index contributed by atoms with van der Waals surface area (Å²) in [5.74, 6) is -1.76. The van der Waals surface area contributed by atoms with Crippen molar-refractivity contribution in [3.63, 3.8) is 0 Å². The molecule has 2 aromatic heterocycles. The van der Waals surface area contributed by atoms with Gasteiger partial charge >= 0.3 is 12.0 Å². The molecule has 3 aliphatic rings. The third-order valence-electron chi connectivity index (χ3n) is 7.72. The zero-order valence-electron chi connectivity index (χ0n) is 19.2. The number of ether oxygens (including phenoxy) is 1. The number of carboxylic acid groups (broad SMARTS) is 1. The lowest BCUT2D eigenvalue weighted by molar-refractivity contribution is -0.144. The smallest absolute Gasteiger partial charge is 0.319 e. The van der Waals surface area contributed by atoms with Crippen molar-refractivity contribution >= 4 is 34.3 Å². The fourth-order valence-corrected chi connectivity index (χ4v) is 6.05. The van der Waals surface area contributed by atoms with Gasteiger partial charge in [-0.1, -0.05) is 18.5 Å². The van der Waals surface area contributed by atoms with Gasteiger partial charge in [0.1, 0.15) is 24.1 Å². The maximum atomic E-state index is 15.0. The van der Waals surface area contributed by atoms with E-state index in [9.17, 15) is 18.7 Å². The Bertz CT molecular complexity index is 1120. The summed E-state index contributed by atoms with van der Waals surface area (Å²) in [4.78, 5) is 28.6. The lowest BCUT2D eigenvalue weighted by atomic mass is 9.83. The first-order valence-corrected chi connectivity index (χ1v) is 12.1. The molecule has 5 rings (SSSR count). The molecule has 3 saturated heterocycles. The number of pyridine rings is 1. The van der Waals surface area contributed by atoms with Gasteiger partial charge in [0.05, 0.1) is 16.8 Å². The molecule has 2 aromatic rings. The number of piperidine rings is 1. The maximum absolute atomic E-state index is 15.0. The second-order valence-corrected chi connectivity index (χ2v) is 10.3. The van der Waals surface area contributed by atoms with Crippen molar-refractivity contribution in [2.75, 3.05) is 31.1 Å². The molecular formula is C23H28ClF2N5O3. The number of carbonyl (C=O) groups is 1. The van der Waals surface area contributed by atoms with Gasteiger partial charge in [-0.05, 0) is 38.6 Å². The summed E-state index contributed by atoms with van der Waals surface area (Å²) in [6.45, 7) is 5.68. The van der Waals surface area contributed by atoms with Crippen molar-refractivity contribution in [3.8, 4) is 6.01 Å². The van der Waals surface area contributed by atoms with Crippen molar-refractivity contribution in [1.29, 1.82) is 0 Å². The number of hydrogen-bond acceptors (Lipinski definition) is 7. The van der Waals surface area contributed by atoms with E-state index in [1.807, 2.05) is 18.7 Å². The van der Waals surface area contributed by atoms with Gasteiger partial charge in [-0.3, -0.25) is 9.69 Å². The Labute approximate surface area is 201 Å². The Balaban J connectivity index is 1.50. The summed E-state index contributed by atoms with van der Waals surface area (Å²) in [7, 11) is 0. The van der Waals surface area contributed by atoms with Crippen LogP contribution in [0.15, 0.2) is 6.20 Å². The standard InChI is InChI=1S/C23H28ClF2N5O3/c1-12-9-31(13(2)6-15(12)21(32)33)20-16-8-27-19(24)17(26)18(16)28-22(29-20)34-11-23-4-3-5-30(23)10-14(25)7-23/h8,12-15H,3-7,9-11H2,1-2H3,(H,32,33)/t12-,13+,14-,15?,23+/m1/s1. The van der Waals surface area contributed by atoms with Crippen LogP contribution >= 0.6 is 11.6 Å². The minimum absolute atomic E-state index is 0.00391. The molecule has 5 heterocycles. The molecular weight excluding hydrogens is 468 g/mol. The van der Waals surface area contributed by atoms with E-state index in [0.29, 0.717) is 37.1 Å². The fourth-order valence-electron chi connectivity index (χ4n) is 5.91. The summed E-state index contributed by atoms with van der Waals surface area (Å²) in [5.41, 5.74) is -0.399. The zero-order valence-corrected chi connectivity index (χ0v) is 19.9. The third kappa shape index (κ3) is 3.94. The molecule has 5 atom stereocenters. The number of aliphatic carboxylic acids is 1. The van der Waals surface area contributed by atoms with Crippen LogP contribution in [0, 0.1) is 17.7 Å². The summed E-state index contributed by atoms with van der Waals surface area (Å²) in [6.07, 6.45) is 3.17. The predicted octanol–water partition coefficient (Wildman–Crippen LogP) is 3.71. The number of carboxylic acids is 1. The minimum atomic E-state index is -0.892. The summed E-state index contributed by atoms with van der Waals surface area (Å²) in [6, 6.07) is -0.166. The normalized spacial score (nSPS) is 31.7. The molecule has 34 heavy (non-hydrogen) atoms. The highest BCUT2D eigenvalue weighted by Crippen LogP contribution is 2.41. The third-order valence-corrected chi connectivity index (χ3v) is 7.98. The highest BCUT2D eigenvalue weighted by molar-refractivity contribution is 6.30. The predicted molar refractivity (Wildman–Crippen MR) is 123 cm³/mol. The van der Waals surface area contributed by atoms with Crippen LogP contribution in [-0.2, 0) is 4.79 Å². The van der Waals surface area contributed by atoms with Crippen molar-refractivity contribution in [2.24, 2.45) is 11.8 Å². The van der Waals surface area contributed by atoms with Crippen molar-refractivity contribution < 1.29 is 23.4 Å². The number of anilines is 1. The van der Waals surface area contributed by atoms with Crippen molar-refractivity contribution in [3.05, 3.63) is 17.2 Å². The second kappa shape index (κ2) is 8.71. The number of halogens is 3. The quantitative estimate of drug-likeness (QED) is 0.628. The van der Waals surface area contributed by atoms with Crippen LogP contribution in [0.2, 0.25) is 5.15 Å². The molecule has 3 aliphatic heterocycles. The Morgan fingerprint density at radius 2 is 2.15 bits per heavy atom. The lowest BCUT2D eigenvalue weighted by Gasteiger charge is -2.41. The second-order valence-electron chi connectivity index (χ2n) is 9.98. The number of alkyl halides is 1. The summed E-state index contributed by atoms with van der Waals surface area (Å²) in [5, 5.41) is 9.65. The summed E-state index contributed by atoms with van der Waals surface area (Å²) < 4.78 is 35.1. The van der Waals surface area contributed by atoms with Crippen LogP contribution in [0.4, 0.5) is 14.6 Å². The van der Waals surface area contributed by atoms with E-state index in [1.54, 1.807) is 0 Å². The Morgan fingerprint density at radius 1 is 1.35 bits per heavy atom. The van der Waals surface area contributed by atoms with Crippen LogP contribution in [0.1, 0.15) is 39.5 Å². The Kier molecular flexibility index (Phi) is 6.00. The van der Waals surface area contributed by atoms with Crippen LogP contribution < -0.4 is 9.64 Å². The van der Waals surface area contributed by atoms with Crippen molar-refractivity contribution in [2.45, 2.75) is 57.3 Å². The Hall–Kier alpha value is -2.33. The van der Waals surface area contributed by atoms with Crippen LogP contribution in [0.5, 0.6) is 6.01 Å². The Morgan fingerprint density at radius 3 is 2.91 bits per heavy atom. The van der Waals surface area contributed by atoms with Gasteiger partial charge in [-0.15, -0.1) is 0 Å². The van der Waals surface area contributed by atoms with Gasteiger partial charge in [0.15, 0.2) is 11.0 Å². The number of fused-ring (bicyclic) bond motifs is 2. The molecule has 0 spiro atoms. The largest absolute Gasteiger partial charge is 0.481 e. The molecule has 11 heteroatoms. The highest BCUT2D eigenvalue weighted by atomic mass is 35.5. The van der Waals surface area contributed by atoms with Crippen LogP contribution in [0.25, 0.3) is 10.9 Å². The van der Waals surface area contributed by atoms with Gasteiger partial charge in [0.25, 0.3) is 0 Å². The lowest BCUT2D eigenvalue weighted by Crippen LogP contribution is -2.48. The number of hydrogen-bond donors (Lipinski definition) is 1. The van der Waals surface area contributed by atoms with Gasteiger partial charge < -0.3 is 14.7 Å². The molecule has 0 saturated carbocycles. The number of aromatic nitrogens is 3. The van der Waals surface area contributed by atoms with E-state index in [2.05, 4.69) is 19.9 Å². The zero-order chi connectivity index (χ0) is 24.2. The van der Waals surface area contributed by atoms with E-state index in [0.717, 1.165) is 19.4 Å². The van der Waals surface area contributed by atoms with Gasteiger partial charge in [0, 0.05) is 31.7 Å². The molecule has 1 N–H and O–H groups in total. The van der Waals surface area contributed by atoms with Crippen molar-refractivity contribution in [1.82, 2.24) is 19.9 Å². The monoisotopic (exact) mass is 495 g/mol. The van der Waals surface area contributed by atoms with E-state index in [-0.39, 0.29) is 35.2 Å². The molecule has 0 radical (unpaired) electrons. The number of rotatable bonds is 5. The average Bonchev–Trinajstić information content (AvgIpc) is 3.31. The first-order chi connectivity index (χ1) is 16.2. The molecule has 0 bridgehead atoms. The fraction of sp³-hybridized carbons (Fsp3) is 0.652. The molecule has 3 fully saturated rings. The van der Waals surface area contributed by atoms with Gasteiger partial charge in [0.2, 0.25) is 0 Å². The molecule has 1 unspecified atom stereocenters. The molecule has 0 aliphatic carbocycles. The molecule has 0 amide bonds. The molecule has 0 aromatic carbocycles. The van der Waals surface area contributed by atoms with E-state index < -0.39 is 29.4 Å². The minimum Gasteiger partial charge on any atom is -0.481 e. The average molecular weight is 496 g/mol. The first-order valence-electron chi connectivity index (χ1n) is 11.7. The van der Waals surface area contributed by atoms with Crippen LogP contribution in [0.3, 0.4) is 0 Å². The van der Waals surface area contributed by atoms with Gasteiger partial charge in [-0.2, -0.15) is 9.97 Å². The maximum Gasteiger partial charge on any atom is 0.319 e. The van der Waals surface area contributed by atoms with E-state index in [4.69, 9.17) is 16.3 Å². The highest BCUT2D eigenvalue weighted by Gasteiger charge is 2.49. The summed E-state index contributed by atoms with van der Waals surface area (Å²) >= 11 is 5.94. The van der Waals surface area contributed by atoms with E-state index in [1.165, 1.54) is 6.20 Å². The van der Waals surface area contributed by atoms with Crippen LogP contribution in [-0.4, -0.2) is 74.9 Å². The first kappa shape index (κ1) is 23.4. The molecule has 8 nitrogen and oxygen atoms in total.